The maximum Gasteiger partial charge on any atom is 0.339 e. The summed E-state index contributed by atoms with van der Waals surface area (Å²) < 4.78 is 6.12. The first-order chi connectivity index (χ1) is 11.1. The van der Waals surface area contributed by atoms with Gasteiger partial charge in [-0.1, -0.05) is 37.6 Å². The molecule has 1 aromatic carbocycles. The molecule has 24 heavy (non-hydrogen) atoms. The van der Waals surface area contributed by atoms with Crippen LogP contribution in [0.15, 0.2) is 43.0 Å². The molecule has 3 rings (SSSR count). The van der Waals surface area contributed by atoms with Crippen LogP contribution < -0.4 is 0 Å². The highest BCUT2D eigenvalue weighted by atomic mass is 35.5. The maximum atomic E-state index is 12.7. The number of carbonyl (C=O) groups excluding carboxylic acids is 1. The van der Waals surface area contributed by atoms with Crippen molar-refractivity contribution in [1.29, 1.82) is 0 Å². The third-order valence-corrected chi connectivity index (χ3v) is 5.83. The van der Waals surface area contributed by atoms with Crippen molar-refractivity contribution in [2.45, 2.75) is 56.7 Å². The molecule has 1 saturated carbocycles. The van der Waals surface area contributed by atoms with Crippen LogP contribution in [0.3, 0.4) is 0 Å². The van der Waals surface area contributed by atoms with E-state index in [2.05, 4.69) is 25.5 Å². The number of esters is 1. The van der Waals surface area contributed by atoms with Crippen LogP contribution in [0.25, 0.3) is 0 Å². The minimum atomic E-state index is -0.538. The fraction of sp³-hybridized carbons (Fsp3) is 0.550. The summed E-state index contributed by atoms with van der Waals surface area (Å²) in [6, 6.07) is 10.2. The molecule has 0 amide bonds. The molecule has 0 radical (unpaired) electrons. The Balaban J connectivity index is 0.00000208. The van der Waals surface area contributed by atoms with Crippen molar-refractivity contribution in [2.75, 3.05) is 7.05 Å². The summed E-state index contributed by atoms with van der Waals surface area (Å²) in [5.41, 5.74) is 0.0804. The molecule has 0 N–H and O–H groups in total. The Morgan fingerprint density at radius 1 is 1.29 bits per heavy atom. The number of hydrogen-bond donors (Lipinski definition) is 0. The van der Waals surface area contributed by atoms with Crippen molar-refractivity contribution < 1.29 is 9.53 Å². The predicted octanol–water partition coefficient (Wildman–Crippen LogP) is 4.47. The number of nitrogens with zero attached hydrogens (tertiary/aromatic N) is 1. The zero-order valence-corrected chi connectivity index (χ0v) is 15.4. The standard InChI is InChI=1S/C20H27NO2.ClH/c1-4-20(23-19(22)16-10-6-5-7-11-16)14-15(2)21(3)18-13-9-8-12-17(18)20;/h4-7,10-11,15,17-18H,1,8-9,12-14H2,2-3H3;1H. The fourth-order valence-corrected chi connectivity index (χ4v) is 4.45. The predicted molar refractivity (Wildman–Crippen MR) is 99.6 cm³/mol. The minimum absolute atomic E-state index is 0. The van der Waals surface area contributed by atoms with Crippen LogP contribution in [0.4, 0.5) is 0 Å². The average molecular weight is 350 g/mol. The molecule has 1 aliphatic carbocycles. The summed E-state index contributed by atoms with van der Waals surface area (Å²) in [4.78, 5) is 15.1. The molecule has 3 nitrogen and oxygen atoms in total. The number of rotatable bonds is 3. The molecule has 0 spiro atoms. The van der Waals surface area contributed by atoms with Gasteiger partial charge in [0, 0.05) is 24.4 Å². The largest absolute Gasteiger partial charge is 0.451 e. The normalized spacial score (nSPS) is 33.0. The first kappa shape index (κ1) is 19.0. The van der Waals surface area contributed by atoms with Crippen LogP contribution >= 0.6 is 12.4 Å². The highest BCUT2D eigenvalue weighted by Gasteiger charge is 2.51. The highest BCUT2D eigenvalue weighted by Crippen LogP contribution is 2.46. The van der Waals surface area contributed by atoms with E-state index in [1.807, 2.05) is 36.4 Å². The molecule has 1 aliphatic heterocycles. The van der Waals surface area contributed by atoms with Crippen molar-refractivity contribution in [3.05, 3.63) is 48.6 Å². The van der Waals surface area contributed by atoms with E-state index in [9.17, 15) is 4.79 Å². The van der Waals surface area contributed by atoms with Gasteiger partial charge in [0.2, 0.25) is 0 Å². The first-order valence-electron chi connectivity index (χ1n) is 8.71. The lowest BCUT2D eigenvalue weighted by molar-refractivity contribution is -0.107. The quantitative estimate of drug-likeness (QED) is 0.595. The van der Waals surface area contributed by atoms with E-state index in [0.29, 0.717) is 23.6 Å². The fourth-order valence-electron chi connectivity index (χ4n) is 4.45. The molecule has 4 heteroatoms. The molecule has 1 heterocycles. The summed E-state index contributed by atoms with van der Waals surface area (Å²) in [5, 5.41) is 0. The van der Waals surface area contributed by atoms with E-state index in [-0.39, 0.29) is 18.4 Å². The summed E-state index contributed by atoms with van der Waals surface area (Å²) in [6.45, 7) is 6.28. The number of piperidine rings is 1. The number of ether oxygens (including phenoxy) is 1. The van der Waals surface area contributed by atoms with Gasteiger partial charge in [0.1, 0.15) is 5.60 Å². The number of fused-ring (bicyclic) bond motifs is 1. The second kappa shape index (κ2) is 7.71. The van der Waals surface area contributed by atoms with Crippen molar-refractivity contribution in [2.24, 2.45) is 5.92 Å². The topological polar surface area (TPSA) is 29.5 Å². The summed E-state index contributed by atoms with van der Waals surface area (Å²) in [6.07, 6.45) is 7.49. The second-order valence-corrected chi connectivity index (χ2v) is 7.09. The third kappa shape index (κ3) is 3.38. The zero-order valence-electron chi connectivity index (χ0n) is 14.6. The Hall–Kier alpha value is -1.32. The molecule has 132 valence electrons. The SMILES string of the molecule is C=CC1(OC(=O)c2ccccc2)CC(C)N(C)C2CCCCC21.Cl. The van der Waals surface area contributed by atoms with E-state index < -0.39 is 5.60 Å². The molecular formula is C20H28ClNO2. The van der Waals surface area contributed by atoms with Crippen LogP contribution in [-0.4, -0.2) is 35.6 Å². The van der Waals surface area contributed by atoms with Crippen LogP contribution in [0.5, 0.6) is 0 Å². The lowest BCUT2D eigenvalue weighted by Gasteiger charge is -2.54. The summed E-state index contributed by atoms with van der Waals surface area (Å²) in [7, 11) is 2.21. The van der Waals surface area contributed by atoms with Gasteiger partial charge in [0.15, 0.2) is 0 Å². The molecule has 1 saturated heterocycles. The maximum absolute atomic E-state index is 12.7. The van der Waals surface area contributed by atoms with Crippen molar-refractivity contribution in [3.63, 3.8) is 0 Å². The lowest BCUT2D eigenvalue weighted by Crippen LogP contribution is -2.61. The van der Waals surface area contributed by atoms with Gasteiger partial charge >= 0.3 is 5.97 Å². The zero-order chi connectivity index (χ0) is 16.4. The second-order valence-electron chi connectivity index (χ2n) is 7.09. The molecular weight excluding hydrogens is 322 g/mol. The molecule has 2 aliphatic rings. The summed E-state index contributed by atoms with van der Waals surface area (Å²) >= 11 is 0. The van der Waals surface area contributed by atoms with E-state index in [1.54, 1.807) is 0 Å². The monoisotopic (exact) mass is 349 g/mol. The van der Waals surface area contributed by atoms with E-state index in [0.717, 1.165) is 12.8 Å². The van der Waals surface area contributed by atoms with Gasteiger partial charge < -0.3 is 9.64 Å². The molecule has 1 aromatic rings. The Morgan fingerprint density at radius 3 is 2.62 bits per heavy atom. The molecule has 4 unspecified atom stereocenters. The lowest BCUT2D eigenvalue weighted by atomic mass is 9.67. The van der Waals surface area contributed by atoms with Gasteiger partial charge in [-0.2, -0.15) is 0 Å². The van der Waals surface area contributed by atoms with Gasteiger partial charge in [-0.05, 0) is 45.0 Å². The Morgan fingerprint density at radius 2 is 1.96 bits per heavy atom. The van der Waals surface area contributed by atoms with Crippen LogP contribution in [-0.2, 0) is 4.74 Å². The number of hydrogen-bond acceptors (Lipinski definition) is 3. The van der Waals surface area contributed by atoms with Gasteiger partial charge in [0.25, 0.3) is 0 Å². The van der Waals surface area contributed by atoms with Crippen LogP contribution in [0.1, 0.15) is 49.4 Å². The van der Waals surface area contributed by atoms with Gasteiger partial charge in [-0.3, -0.25) is 0 Å². The van der Waals surface area contributed by atoms with Gasteiger partial charge in [-0.25, -0.2) is 4.79 Å². The van der Waals surface area contributed by atoms with E-state index in [4.69, 9.17) is 4.74 Å². The number of benzene rings is 1. The molecule has 2 fully saturated rings. The molecule has 0 bridgehead atoms. The highest BCUT2D eigenvalue weighted by molar-refractivity contribution is 5.89. The molecule has 0 aromatic heterocycles. The van der Waals surface area contributed by atoms with E-state index in [1.165, 1.54) is 19.3 Å². The van der Waals surface area contributed by atoms with Crippen molar-refractivity contribution in [3.8, 4) is 0 Å². The van der Waals surface area contributed by atoms with Crippen molar-refractivity contribution in [1.82, 2.24) is 4.90 Å². The smallest absolute Gasteiger partial charge is 0.339 e. The van der Waals surface area contributed by atoms with Crippen LogP contribution in [0.2, 0.25) is 0 Å². The molecule has 4 atom stereocenters. The number of halogens is 1. The Bertz CT molecular complexity index is 576. The minimum Gasteiger partial charge on any atom is -0.451 e. The van der Waals surface area contributed by atoms with E-state index >= 15 is 0 Å². The van der Waals surface area contributed by atoms with Crippen molar-refractivity contribution >= 4 is 18.4 Å². The van der Waals surface area contributed by atoms with Crippen LogP contribution in [0, 0.1) is 5.92 Å². The Kier molecular flexibility index (Phi) is 6.11. The first-order valence-corrected chi connectivity index (χ1v) is 8.71. The Labute approximate surface area is 151 Å². The number of likely N-dealkylation sites (tertiary alicyclic amines) is 1. The van der Waals surface area contributed by atoms with Gasteiger partial charge in [-0.15, -0.1) is 12.4 Å². The average Bonchev–Trinajstić information content (AvgIpc) is 2.60. The summed E-state index contributed by atoms with van der Waals surface area (Å²) in [5.74, 6) is 0.120. The number of carbonyl (C=O) groups is 1. The third-order valence-electron chi connectivity index (χ3n) is 5.83. The van der Waals surface area contributed by atoms with Gasteiger partial charge in [0.05, 0.1) is 5.56 Å².